The molecule has 0 bridgehead atoms. The molecule has 1 N–H and O–H groups in total. The molecule has 9 heteroatoms. The van der Waals surface area contributed by atoms with Crippen molar-refractivity contribution in [2.24, 2.45) is 5.92 Å². The van der Waals surface area contributed by atoms with Crippen molar-refractivity contribution in [2.45, 2.75) is 51.9 Å². The van der Waals surface area contributed by atoms with E-state index in [0.29, 0.717) is 11.3 Å². The number of ether oxygens (including phenoxy) is 1. The van der Waals surface area contributed by atoms with Gasteiger partial charge >= 0.3 is 0 Å². The van der Waals surface area contributed by atoms with Gasteiger partial charge in [0.15, 0.2) is 0 Å². The predicted molar refractivity (Wildman–Crippen MR) is 155 cm³/mol. The summed E-state index contributed by atoms with van der Waals surface area (Å²) < 4.78 is 32.4. The molecule has 0 saturated carbocycles. The third-order valence-electron chi connectivity index (χ3n) is 7.57. The zero-order chi connectivity index (χ0) is 27.9. The molecular formula is C29H44N4O4S. The van der Waals surface area contributed by atoms with Gasteiger partial charge in [-0.15, -0.1) is 0 Å². The lowest BCUT2D eigenvalue weighted by Gasteiger charge is -2.36. The summed E-state index contributed by atoms with van der Waals surface area (Å²) in [4.78, 5) is 17.8. The Bertz CT molecular complexity index is 1190. The zero-order valence-corrected chi connectivity index (χ0v) is 24.6. The van der Waals surface area contributed by atoms with E-state index in [0.717, 1.165) is 43.3 Å². The standard InChI is InChI=1S/C29H44N4O4S/c1-7-32(8-2)21-24-13-17-33(18-14-24)27-11-9-25(19-22(27)3)30-29(34)15-16-31(5)38(35,36)28-12-10-26(37-6)20-23(28)4/h9-12,19-20,24H,7-8,13-18,21H2,1-6H3,(H,30,34). The molecule has 2 aromatic rings. The van der Waals surface area contributed by atoms with Crippen LogP contribution in [0.15, 0.2) is 41.3 Å². The number of nitrogens with one attached hydrogen (secondary N) is 1. The number of rotatable bonds is 12. The maximum absolute atomic E-state index is 13.0. The first-order valence-electron chi connectivity index (χ1n) is 13.6. The lowest BCUT2D eigenvalue weighted by Crippen LogP contribution is -2.39. The Labute approximate surface area is 229 Å². The van der Waals surface area contributed by atoms with E-state index in [-0.39, 0.29) is 23.8 Å². The molecular weight excluding hydrogens is 500 g/mol. The van der Waals surface area contributed by atoms with E-state index >= 15 is 0 Å². The number of sulfonamides is 1. The summed E-state index contributed by atoms with van der Waals surface area (Å²) in [5.74, 6) is 1.13. The van der Waals surface area contributed by atoms with E-state index in [9.17, 15) is 13.2 Å². The number of anilines is 2. The molecule has 38 heavy (non-hydrogen) atoms. The third kappa shape index (κ3) is 7.48. The van der Waals surface area contributed by atoms with E-state index < -0.39 is 10.0 Å². The fraction of sp³-hybridized carbons (Fsp3) is 0.552. The number of nitrogens with zero attached hydrogens (tertiary/aromatic N) is 3. The van der Waals surface area contributed by atoms with Gasteiger partial charge in [-0.25, -0.2) is 12.7 Å². The molecule has 2 aromatic carbocycles. The monoisotopic (exact) mass is 544 g/mol. The van der Waals surface area contributed by atoms with Crippen LogP contribution in [0.5, 0.6) is 5.75 Å². The van der Waals surface area contributed by atoms with Gasteiger partial charge in [-0.05, 0) is 93.2 Å². The highest BCUT2D eigenvalue weighted by Gasteiger charge is 2.24. The number of hydrogen-bond donors (Lipinski definition) is 1. The SMILES string of the molecule is CCN(CC)CC1CCN(c2ccc(NC(=O)CCN(C)S(=O)(=O)c3ccc(OC)cc3C)cc2C)CC1. The van der Waals surface area contributed by atoms with Gasteiger partial charge in [0.1, 0.15) is 5.75 Å². The van der Waals surface area contributed by atoms with Crippen LogP contribution in [0.1, 0.15) is 44.2 Å². The topological polar surface area (TPSA) is 82.2 Å². The van der Waals surface area contributed by atoms with Gasteiger partial charge in [-0.3, -0.25) is 4.79 Å². The molecule has 1 saturated heterocycles. The van der Waals surface area contributed by atoms with E-state index in [4.69, 9.17) is 4.74 Å². The molecule has 0 aliphatic carbocycles. The van der Waals surface area contributed by atoms with Crippen LogP contribution in [0, 0.1) is 19.8 Å². The van der Waals surface area contributed by atoms with Crippen molar-refractivity contribution in [1.82, 2.24) is 9.21 Å². The summed E-state index contributed by atoms with van der Waals surface area (Å²) >= 11 is 0. The van der Waals surface area contributed by atoms with E-state index in [1.54, 1.807) is 26.2 Å². The number of aryl methyl sites for hydroxylation is 2. The minimum atomic E-state index is -3.71. The molecule has 1 aliphatic rings. The number of carbonyl (C=O) groups excluding carboxylic acids is 1. The van der Waals surface area contributed by atoms with Gasteiger partial charge in [0.2, 0.25) is 15.9 Å². The van der Waals surface area contributed by atoms with Crippen molar-refractivity contribution in [3.8, 4) is 5.75 Å². The van der Waals surface area contributed by atoms with Crippen LogP contribution >= 0.6 is 0 Å². The van der Waals surface area contributed by atoms with Crippen LogP contribution in [0.2, 0.25) is 0 Å². The van der Waals surface area contributed by atoms with Crippen molar-refractivity contribution in [3.63, 3.8) is 0 Å². The largest absolute Gasteiger partial charge is 0.497 e. The normalized spacial score (nSPS) is 14.8. The fourth-order valence-corrected chi connectivity index (χ4v) is 6.47. The maximum Gasteiger partial charge on any atom is 0.243 e. The van der Waals surface area contributed by atoms with Crippen LogP contribution in [-0.2, 0) is 14.8 Å². The number of piperidine rings is 1. The molecule has 0 radical (unpaired) electrons. The van der Waals surface area contributed by atoms with Gasteiger partial charge in [0, 0.05) is 51.0 Å². The van der Waals surface area contributed by atoms with E-state index in [1.807, 2.05) is 12.1 Å². The summed E-state index contributed by atoms with van der Waals surface area (Å²) in [5.41, 5.74) is 3.66. The first-order valence-corrected chi connectivity index (χ1v) is 15.0. The number of hydrogen-bond acceptors (Lipinski definition) is 6. The zero-order valence-electron chi connectivity index (χ0n) is 23.8. The highest BCUT2D eigenvalue weighted by Crippen LogP contribution is 2.29. The molecule has 0 spiro atoms. The van der Waals surface area contributed by atoms with Crippen LogP contribution in [0.3, 0.4) is 0 Å². The second-order valence-corrected chi connectivity index (χ2v) is 12.2. The number of methoxy groups -OCH3 is 1. The fourth-order valence-electron chi connectivity index (χ4n) is 5.10. The molecule has 3 rings (SSSR count). The van der Waals surface area contributed by atoms with Crippen LogP contribution in [-0.4, -0.2) is 77.0 Å². The van der Waals surface area contributed by atoms with Crippen LogP contribution < -0.4 is 15.0 Å². The third-order valence-corrected chi connectivity index (χ3v) is 9.59. The minimum absolute atomic E-state index is 0.0613. The van der Waals surface area contributed by atoms with Crippen molar-refractivity contribution in [2.75, 3.05) is 63.6 Å². The second kappa shape index (κ2) is 13.4. The predicted octanol–water partition coefficient (Wildman–Crippen LogP) is 4.52. The number of benzene rings is 2. The number of carbonyl (C=O) groups is 1. The van der Waals surface area contributed by atoms with Gasteiger partial charge in [-0.2, -0.15) is 0 Å². The Morgan fingerprint density at radius 1 is 1.05 bits per heavy atom. The summed E-state index contributed by atoms with van der Waals surface area (Å²) in [6.45, 7) is 13.8. The molecule has 0 aromatic heterocycles. The van der Waals surface area contributed by atoms with Gasteiger partial charge in [0.05, 0.1) is 12.0 Å². The summed E-state index contributed by atoms with van der Waals surface area (Å²) in [6, 6.07) is 10.9. The Balaban J connectivity index is 1.53. The average molecular weight is 545 g/mol. The van der Waals surface area contributed by atoms with Crippen LogP contribution in [0.4, 0.5) is 11.4 Å². The first-order chi connectivity index (χ1) is 18.1. The van der Waals surface area contributed by atoms with Gasteiger partial charge < -0.3 is 19.9 Å². The van der Waals surface area contributed by atoms with Crippen molar-refractivity contribution >= 4 is 27.3 Å². The van der Waals surface area contributed by atoms with Crippen LogP contribution in [0.25, 0.3) is 0 Å². The van der Waals surface area contributed by atoms with E-state index in [2.05, 4.69) is 42.0 Å². The van der Waals surface area contributed by atoms with Crippen molar-refractivity contribution in [3.05, 3.63) is 47.5 Å². The second-order valence-electron chi connectivity index (χ2n) is 10.2. The Morgan fingerprint density at radius 2 is 1.74 bits per heavy atom. The smallest absolute Gasteiger partial charge is 0.243 e. The lowest BCUT2D eigenvalue weighted by atomic mass is 9.95. The minimum Gasteiger partial charge on any atom is -0.497 e. The Kier molecular flexibility index (Phi) is 10.6. The van der Waals surface area contributed by atoms with Gasteiger partial charge in [-0.1, -0.05) is 13.8 Å². The number of amides is 1. The molecule has 8 nitrogen and oxygen atoms in total. The molecule has 0 atom stereocenters. The molecule has 1 aliphatic heterocycles. The van der Waals surface area contributed by atoms with E-state index in [1.165, 1.54) is 42.5 Å². The molecule has 1 heterocycles. The molecule has 0 unspecified atom stereocenters. The average Bonchev–Trinajstić information content (AvgIpc) is 2.90. The lowest BCUT2D eigenvalue weighted by molar-refractivity contribution is -0.116. The quantitative estimate of drug-likeness (QED) is 0.423. The summed E-state index contributed by atoms with van der Waals surface area (Å²) in [6.07, 6.45) is 2.45. The highest BCUT2D eigenvalue weighted by molar-refractivity contribution is 7.89. The summed E-state index contributed by atoms with van der Waals surface area (Å²) in [5, 5.41) is 2.93. The van der Waals surface area contributed by atoms with Gasteiger partial charge in [0.25, 0.3) is 0 Å². The van der Waals surface area contributed by atoms with Crippen molar-refractivity contribution < 1.29 is 17.9 Å². The molecule has 1 fully saturated rings. The Hall–Kier alpha value is -2.62. The molecule has 210 valence electrons. The first kappa shape index (κ1) is 29.9. The van der Waals surface area contributed by atoms with Crippen molar-refractivity contribution in [1.29, 1.82) is 0 Å². The molecule has 1 amide bonds. The summed E-state index contributed by atoms with van der Waals surface area (Å²) in [7, 11) is -0.674. The maximum atomic E-state index is 13.0. The highest BCUT2D eigenvalue weighted by atomic mass is 32.2. The Morgan fingerprint density at radius 3 is 2.32 bits per heavy atom.